The summed E-state index contributed by atoms with van der Waals surface area (Å²) in [6.07, 6.45) is -0.307. The summed E-state index contributed by atoms with van der Waals surface area (Å²) in [6.45, 7) is 4.77. The topological polar surface area (TPSA) is 26.3 Å². The second-order valence-electron chi connectivity index (χ2n) is 5.35. The summed E-state index contributed by atoms with van der Waals surface area (Å²) in [6, 6.07) is 0. The fourth-order valence-corrected chi connectivity index (χ4v) is 2.38. The number of carbonyl (C=O) groups is 1. The van der Waals surface area contributed by atoms with Gasteiger partial charge in [0.05, 0.1) is 0 Å². The monoisotopic (exact) mass is 312 g/mol. The van der Waals surface area contributed by atoms with E-state index in [2.05, 4.69) is 6.58 Å². The zero-order valence-corrected chi connectivity index (χ0v) is 11.6. The van der Waals surface area contributed by atoms with Crippen molar-refractivity contribution < 1.29 is 31.5 Å². The Morgan fingerprint density at radius 2 is 1.86 bits per heavy atom. The largest absolute Gasteiger partial charge is 0.459 e. The van der Waals surface area contributed by atoms with E-state index in [1.807, 2.05) is 0 Å². The van der Waals surface area contributed by atoms with Crippen molar-refractivity contribution in [2.75, 3.05) is 0 Å². The molecule has 1 saturated carbocycles. The average molecular weight is 312 g/mol. The summed E-state index contributed by atoms with van der Waals surface area (Å²) in [5.74, 6) is -11.3. The number of alkyl halides is 2. The number of halogens is 5. The second kappa shape index (κ2) is 6.58. The Morgan fingerprint density at radius 3 is 2.29 bits per heavy atom. The van der Waals surface area contributed by atoms with E-state index in [9.17, 15) is 26.7 Å². The van der Waals surface area contributed by atoms with Crippen LogP contribution in [0, 0.1) is 5.92 Å². The van der Waals surface area contributed by atoms with Crippen LogP contribution in [0.15, 0.2) is 24.6 Å². The molecule has 2 nitrogen and oxygen atoms in total. The molecular weight excluding hydrogens is 295 g/mol. The van der Waals surface area contributed by atoms with Crippen molar-refractivity contribution in [2.24, 2.45) is 5.92 Å². The van der Waals surface area contributed by atoms with Crippen molar-refractivity contribution in [2.45, 2.75) is 50.6 Å². The summed E-state index contributed by atoms with van der Waals surface area (Å²) < 4.78 is 69.7. The molecule has 0 spiro atoms. The minimum atomic E-state index is -4.63. The van der Waals surface area contributed by atoms with E-state index in [0.29, 0.717) is 12.8 Å². The maximum absolute atomic E-state index is 13.7. The van der Waals surface area contributed by atoms with Gasteiger partial charge in [0.2, 0.25) is 5.83 Å². The van der Waals surface area contributed by atoms with Gasteiger partial charge in [-0.15, -0.1) is 6.58 Å². The van der Waals surface area contributed by atoms with Gasteiger partial charge in [-0.3, -0.25) is 4.79 Å². The van der Waals surface area contributed by atoms with Crippen LogP contribution in [0.5, 0.6) is 0 Å². The highest BCUT2D eigenvalue weighted by Crippen LogP contribution is 2.41. The van der Waals surface area contributed by atoms with Gasteiger partial charge in [0.1, 0.15) is 11.5 Å². The highest BCUT2D eigenvalue weighted by atomic mass is 19.3. The Morgan fingerprint density at radius 1 is 1.33 bits per heavy atom. The predicted molar refractivity (Wildman–Crippen MR) is 66.6 cm³/mol. The van der Waals surface area contributed by atoms with Gasteiger partial charge in [-0.2, -0.15) is 22.0 Å². The van der Waals surface area contributed by atoms with Gasteiger partial charge in [0, 0.05) is 0 Å². The summed E-state index contributed by atoms with van der Waals surface area (Å²) >= 11 is 0. The van der Waals surface area contributed by atoms with Crippen LogP contribution in [0.3, 0.4) is 0 Å². The Kier molecular flexibility index (Phi) is 5.53. The Labute approximate surface area is 119 Å². The van der Waals surface area contributed by atoms with Crippen LogP contribution in [-0.2, 0) is 9.53 Å². The highest BCUT2D eigenvalue weighted by molar-refractivity contribution is 5.75. The zero-order chi connectivity index (χ0) is 16.3. The lowest BCUT2D eigenvalue weighted by Crippen LogP contribution is -2.40. The highest BCUT2D eigenvalue weighted by Gasteiger charge is 2.52. The number of rotatable bonds is 6. The van der Waals surface area contributed by atoms with Crippen LogP contribution in [0.2, 0.25) is 0 Å². The minimum Gasteiger partial charge on any atom is -0.459 e. The lowest BCUT2D eigenvalue weighted by atomic mass is 9.95. The first-order chi connectivity index (χ1) is 9.64. The van der Waals surface area contributed by atoms with Crippen molar-refractivity contribution in [1.29, 1.82) is 0 Å². The fourth-order valence-electron chi connectivity index (χ4n) is 2.38. The third-order valence-corrected chi connectivity index (χ3v) is 3.59. The molecule has 1 unspecified atom stereocenters. The molecule has 7 heteroatoms. The van der Waals surface area contributed by atoms with Gasteiger partial charge in [-0.05, 0) is 39.0 Å². The molecule has 1 atom stereocenters. The smallest absolute Gasteiger partial charge is 0.317 e. The predicted octanol–water partition coefficient (Wildman–Crippen LogP) is 4.77. The summed E-state index contributed by atoms with van der Waals surface area (Å²) in [7, 11) is 0. The molecule has 0 aliphatic heterocycles. The van der Waals surface area contributed by atoms with E-state index < -0.39 is 41.7 Å². The molecule has 0 amide bonds. The number of ether oxygens (including phenoxy) is 1. The van der Waals surface area contributed by atoms with Crippen LogP contribution in [0.1, 0.15) is 39.0 Å². The molecule has 0 aromatic rings. The van der Waals surface area contributed by atoms with Crippen LogP contribution in [0.4, 0.5) is 22.0 Å². The molecule has 0 aromatic carbocycles. The quantitative estimate of drug-likeness (QED) is 0.401. The van der Waals surface area contributed by atoms with Gasteiger partial charge in [0.15, 0.2) is 0 Å². The summed E-state index contributed by atoms with van der Waals surface area (Å²) in [5, 5.41) is 0. The van der Waals surface area contributed by atoms with Crippen molar-refractivity contribution in [1.82, 2.24) is 0 Å². The van der Waals surface area contributed by atoms with Gasteiger partial charge in [-0.25, -0.2) is 0 Å². The normalized spacial score (nSPS) is 19.0. The molecule has 1 rings (SSSR count). The second-order valence-corrected chi connectivity index (χ2v) is 5.35. The van der Waals surface area contributed by atoms with E-state index >= 15 is 0 Å². The molecule has 0 heterocycles. The SMILES string of the molecule is C=CCC(C(=O)OC1(C)CCCC1)C(F)(F)C(F)=C(F)F. The molecule has 1 fully saturated rings. The lowest BCUT2D eigenvalue weighted by molar-refractivity contribution is -0.175. The Hall–Kier alpha value is -1.40. The van der Waals surface area contributed by atoms with Crippen molar-refractivity contribution in [3.05, 3.63) is 24.6 Å². The van der Waals surface area contributed by atoms with Gasteiger partial charge in [0.25, 0.3) is 0 Å². The zero-order valence-electron chi connectivity index (χ0n) is 11.6. The molecule has 0 N–H and O–H groups in total. The molecule has 1 aliphatic rings. The van der Waals surface area contributed by atoms with Crippen LogP contribution < -0.4 is 0 Å². The molecule has 1 aliphatic carbocycles. The van der Waals surface area contributed by atoms with Gasteiger partial charge >= 0.3 is 18.0 Å². The van der Waals surface area contributed by atoms with Crippen molar-refractivity contribution in [3.8, 4) is 0 Å². The van der Waals surface area contributed by atoms with Gasteiger partial charge in [-0.1, -0.05) is 6.08 Å². The van der Waals surface area contributed by atoms with Crippen molar-refractivity contribution in [3.63, 3.8) is 0 Å². The summed E-state index contributed by atoms with van der Waals surface area (Å²) in [4.78, 5) is 11.9. The van der Waals surface area contributed by atoms with E-state index in [1.165, 1.54) is 0 Å². The first-order valence-electron chi connectivity index (χ1n) is 6.57. The molecule has 0 bridgehead atoms. The molecule has 0 aromatic heterocycles. The number of hydrogen-bond acceptors (Lipinski definition) is 2. The molecule has 0 saturated heterocycles. The first kappa shape index (κ1) is 17.7. The molecule has 0 radical (unpaired) electrons. The third-order valence-electron chi connectivity index (χ3n) is 3.59. The molecule has 21 heavy (non-hydrogen) atoms. The Bertz CT molecular complexity index is 435. The average Bonchev–Trinajstić information content (AvgIpc) is 2.80. The summed E-state index contributed by atoms with van der Waals surface area (Å²) in [5.41, 5.74) is -0.902. The van der Waals surface area contributed by atoms with E-state index in [1.54, 1.807) is 6.92 Å². The van der Waals surface area contributed by atoms with E-state index in [4.69, 9.17) is 4.74 Å². The lowest BCUT2D eigenvalue weighted by Gasteiger charge is -2.29. The van der Waals surface area contributed by atoms with E-state index in [-0.39, 0.29) is 0 Å². The number of hydrogen-bond donors (Lipinski definition) is 0. The van der Waals surface area contributed by atoms with Crippen LogP contribution >= 0.6 is 0 Å². The maximum Gasteiger partial charge on any atom is 0.317 e. The maximum atomic E-state index is 13.7. The number of carbonyl (C=O) groups excluding carboxylic acids is 1. The number of allylic oxidation sites excluding steroid dienone is 2. The van der Waals surface area contributed by atoms with Crippen molar-refractivity contribution >= 4 is 5.97 Å². The Balaban J connectivity index is 2.97. The molecular formula is C14H17F5O2. The number of esters is 1. The third kappa shape index (κ3) is 4.04. The van der Waals surface area contributed by atoms with Crippen LogP contribution in [0.25, 0.3) is 0 Å². The minimum absolute atomic E-state index is 0.501. The molecule has 120 valence electrons. The van der Waals surface area contributed by atoms with E-state index in [0.717, 1.165) is 18.9 Å². The van der Waals surface area contributed by atoms with Gasteiger partial charge < -0.3 is 4.74 Å². The fraction of sp³-hybridized carbons (Fsp3) is 0.643. The first-order valence-corrected chi connectivity index (χ1v) is 6.57. The standard InChI is InChI=1S/C14H17F5O2/c1-3-6-9(14(18,19)10(15)11(16)17)12(20)21-13(2)7-4-5-8-13/h3,9H,1,4-8H2,2H3. The van der Waals surface area contributed by atoms with Crippen LogP contribution in [-0.4, -0.2) is 17.5 Å².